The molecule has 1 atom stereocenters. The van der Waals surface area contributed by atoms with Gasteiger partial charge in [0, 0.05) is 21.9 Å². The summed E-state index contributed by atoms with van der Waals surface area (Å²) < 4.78 is 1.65. The molecule has 1 amide bonds. The lowest BCUT2D eigenvalue weighted by Crippen LogP contribution is -2.28. The molecule has 0 saturated heterocycles. The van der Waals surface area contributed by atoms with Crippen LogP contribution in [0.4, 0.5) is 5.82 Å². The number of nitrogens with one attached hydrogen (secondary N) is 1. The Kier molecular flexibility index (Phi) is 4.61. The molecule has 0 aliphatic carbocycles. The number of aromatic nitrogens is 2. The van der Waals surface area contributed by atoms with Gasteiger partial charge >= 0.3 is 0 Å². The van der Waals surface area contributed by atoms with Crippen molar-refractivity contribution in [3.63, 3.8) is 0 Å². The SMILES string of the molecule is CCc1ccc(C(=O)C2CC(=O)Nc3c2c(C)nn3-c2cccc(Cl)c2)s1. The summed E-state index contributed by atoms with van der Waals surface area (Å²) in [6.45, 7) is 3.93. The molecule has 5 nitrogen and oxygen atoms in total. The number of carbonyl (C=O) groups is 2. The van der Waals surface area contributed by atoms with Crippen molar-refractivity contribution in [2.24, 2.45) is 0 Å². The molecule has 0 radical (unpaired) electrons. The predicted molar refractivity (Wildman–Crippen MR) is 107 cm³/mol. The first-order valence-corrected chi connectivity index (χ1v) is 9.95. The minimum absolute atomic E-state index is 0.0236. The normalized spacial score (nSPS) is 16.1. The van der Waals surface area contributed by atoms with E-state index in [0.717, 1.165) is 28.2 Å². The number of thiophene rings is 1. The van der Waals surface area contributed by atoms with Gasteiger partial charge < -0.3 is 5.32 Å². The highest BCUT2D eigenvalue weighted by atomic mass is 35.5. The van der Waals surface area contributed by atoms with Crippen molar-refractivity contribution in [1.82, 2.24) is 9.78 Å². The fourth-order valence-corrected chi connectivity index (χ4v) is 4.56. The van der Waals surface area contributed by atoms with E-state index in [4.69, 9.17) is 11.6 Å². The van der Waals surface area contributed by atoms with Crippen molar-refractivity contribution in [2.75, 3.05) is 5.32 Å². The summed E-state index contributed by atoms with van der Waals surface area (Å²) in [5.74, 6) is -0.178. The Balaban J connectivity index is 1.80. The van der Waals surface area contributed by atoms with Gasteiger partial charge in [-0.3, -0.25) is 9.59 Å². The van der Waals surface area contributed by atoms with Crippen molar-refractivity contribution in [3.05, 3.63) is 62.4 Å². The Hall–Kier alpha value is -2.44. The lowest BCUT2D eigenvalue weighted by atomic mass is 9.87. The van der Waals surface area contributed by atoms with E-state index in [2.05, 4.69) is 17.3 Å². The van der Waals surface area contributed by atoms with Gasteiger partial charge in [-0.25, -0.2) is 4.68 Å². The second kappa shape index (κ2) is 6.94. The van der Waals surface area contributed by atoms with Crippen molar-refractivity contribution in [3.8, 4) is 5.69 Å². The van der Waals surface area contributed by atoms with E-state index in [1.807, 2.05) is 31.2 Å². The minimum Gasteiger partial charge on any atom is -0.310 e. The maximum atomic E-state index is 13.2. The molecule has 3 aromatic rings. The highest BCUT2D eigenvalue weighted by molar-refractivity contribution is 7.14. The minimum atomic E-state index is -0.523. The fraction of sp³-hybridized carbons (Fsp3) is 0.250. The van der Waals surface area contributed by atoms with Crippen molar-refractivity contribution in [2.45, 2.75) is 32.6 Å². The number of halogens is 1. The standard InChI is InChI=1S/C20H18ClN3O2S/c1-3-14-7-8-16(27-14)19(26)15-10-17(25)22-20-18(15)11(2)23-24(20)13-6-4-5-12(21)9-13/h4-9,15H,3,10H2,1-2H3,(H,22,25). The van der Waals surface area contributed by atoms with Crippen LogP contribution in [0.1, 0.15) is 45.1 Å². The van der Waals surface area contributed by atoms with Gasteiger partial charge in [-0.2, -0.15) is 5.10 Å². The number of Topliss-reactive ketones (excluding diaryl/α,β-unsaturated/α-hetero) is 1. The number of carbonyl (C=O) groups excluding carboxylic acids is 2. The number of fused-ring (bicyclic) bond motifs is 1. The zero-order chi connectivity index (χ0) is 19.1. The van der Waals surface area contributed by atoms with Crippen LogP contribution in [0.2, 0.25) is 5.02 Å². The summed E-state index contributed by atoms with van der Waals surface area (Å²) >= 11 is 7.60. The second-order valence-corrected chi connectivity index (χ2v) is 8.13. The molecular formula is C20H18ClN3O2S. The maximum absolute atomic E-state index is 13.2. The Morgan fingerprint density at radius 2 is 2.19 bits per heavy atom. The third kappa shape index (κ3) is 3.19. The third-order valence-electron chi connectivity index (χ3n) is 4.72. The number of hydrogen-bond acceptors (Lipinski definition) is 4. The molecule has 138 valence electrons. The highest BCUT2D eigenvalue weighted by Crippen LogP contribution is 2.39. The van der Waals surface area contributed by atoms with Gasteiger partial charge in [-0.15, -0.1) is 11.3 Å². The molecule has 0 bridgehead atoms. The van der Waals surface area contributed by atoms with E-state index in [1.54, 1.807) is 16.8 Å². The molecule has 0 spiro atoms. The van der Waals surface area contributed by atoms with Crippen LogP contribution in [0.25, 0.3) is 5.69 Å². The molecule has 27 heavy (non-hydrogen) atoms. The quantitative estimate of drug-likeness (QED) is 0.643. The van der Waals surface area contributed by atoms with E-state index in [1.165, 1.54) is 11.3 Å². The first kappa shape index (κ1) is 17.9. The van der Waals surface area contributed by atoms with Crippen LogP contribution in [0.5, 0.6) is 0 Å². The number of benzene rings is 1. The lowest BCUT2D eigenvalue weighted by Gasteiger charge is -2.22. The average molecular weight is 400 g/mol. The monoisotopic (exact) mass is 399 g/mol. The summed E-state index contributed by atoms with van der Waals surface area (Å²) in [4.78, 5) is 27.4. The van der Waals surface area contributed by atoms with Gasteiger partial charge in [0.2, 0.25) is 5.91 Å². The molecule has 0 saturated carbocycles. The van der Waals surface area contributed by atoms with Crippen molar-refractivity contribution in [1.29, 1.82) is 0 Å². The summed E-state index contributed by atoms with van der Waals surface area (Å²) in [7, 11) is 0. The zero-order valence-electron chi connectivity index (χ0n) is 15.0. The van der Waals surface area contributed by atoms with Crippen LogP contribution in [0.15, 0.2) is 36.4 Å². The van der Waals surface area contributed by atoms with E-state index >= 15 is 0 Å². The van der Waals surface area contributed by atoms with Crippen LogP contribution in [0, 0.1) is 6.92 Å². The predicted octanol–water partition coefficient (Wildman–Crippen LogP) is 4.77. The molecule has 0 fully saturated rings. The fourth-order valence-electron chi connectivity index (χ4n) is 3.44. The molecular weight excluding hydrogens is 382 g/mol. The Bertz CT molecular complexity index is 1050. The van der Waals surface area contributed by atoms with E-state index in [0.29, 0.717) is 15.7 Å². The Morgan fingerprint density at radius 1 is 1.37 bits per heavy atom. The molecule has 1 aromatic carbocycles. The molecule has 1 aliphatic rings. The molecule has 4 rings (SSSR count). The van der Waals surface area contributed by atoms with Crippen LogP contribution in [-0.4, -0.2) is 21.5 Å². The van der Waals surface area contributed by atoms with Gasteiger partial charge in [0.25, 0.3) is 0 Å². The van der Waals surface area contributed by atoms with Gasteiger partial charge in [0.1, 0.15) is 5.82 Å². The van der Waals surface area contributed by atoms with Gasteiger partial charge in [0.05, 0.1) is 22.2 Å². The molecule has 3 heterocycles. The van der Waals surface area contributed by atoms with Crippen molar-refractivity contribution < 1.29 is 9.59 Å². The number of rotatable bonds is 4. The first-order valence-electron chi connectivity index (χ1n) is 8.76. The van der Waals surface area contributed by atoms with Gasteiger partial charge in [0.15, 0.2) is 5.78 Å². The number of anilines is 1. The van der Waals surface area contributed by atoms with Crippen LogP contribution in [0.3, 0.4) is 0 Å². The van der Waals surface area contributed by atoms with Crippen LogP contribution >= 0.6 is 22.9 Å². The van der Waals surface area contributed by atoms with Gasteiger partial charge in [-0.1, -0.05) is 24.6 Å². The van der Waals surface area contributed by atoms with Crippen LogP contribution in [-0.2, 0) is 11.2 Å². The number of ketones is 1. The number of aryl methyl sites for hydroxylation is 2. The maximum Gasteiger partial charge on any atom is 0.226 e. The number of nitrogens with zero attached hydrogens (tertiary/aromatic N) is 2. The van der Waals surface area contributed by atoms with E-state index in [9.17, 15) is 9.59 Å². The summed E-state index contributed by atoms with van der Waals surface area (Å²) in [6.07, 6.45) is 1.02. The number of hydrogen-bond donors (Lipinski definition) is 1. The zero-order valence-corrected chi connectivity index (χ0v) is 16.5. The van der Waals surface area contributed by atoms with E-state index < -0.39 is 5.92 Å². The topological polar surface area (TPSA) is 64.0 Å². The molecule has 7 heteroatoms. The largest absolute Gasteiger partial charge is 0.310 e. The van der Waals surface area contributed by atoms with E-state index in [-0.39, 0.29) is 18.1 Å². The number of amides is 1. The molecule has 1 unspecified atom stereocenters. The van der Waals surface area contributed by atoms with Gasteiger partial charge in [-0.05, 0) is 43.7 Å². The third-order valence-corrected chi connectivity index (χ3v) is 6.20. The summed E-state index contributed by atoms with van der Waals surface area (Å²) in [5, 5.41) is 8.05. The first-order chi connectivity index (χ1) is 13.0. The second-order valence-electron chi connectivity index (χ2n) is 6.53. The summed E-state index contributed by atoms with van der Waals surface area (Å²) in [5.41, 5.74) is 2.26. The van der Waals surface area contributed by atoms with Crippen LogP contribution < -0.4 is 5.32 Å². The summed E-state index contributed by atoms with van der Waals surface area (Å²) in [6, 6.07) is 11.1. The lowest BCUT2D eigenvalue weighted by molar-refractivity contribution is -0.116. The smallest absolute Gasteiger partial charge is 0.226 e. The molecule has 1 aliphatic heterocycles. The highest BCUT2D eigenvalue weighted by Gasteiger charge is 2.36. The molecule has 1 N–H and O–H groups in total. The molecule has 2 aromatic heterocycles. The Morgan fingerprint density at radius 3 is 2.89 bits per heavy atom. The Labute approximate surface area is 166 Å². The van der Waals surface area contributed by atoms with Crippen molar-refractivity contribution >= 4 is 40.4 Å². The average Bonchev–Trinajstić information content (AvgIpc) is 3.25.